The van der Waals surface area contributed by atoms with Gasteiger partial charge in [-0.2, -0.15) is 18.4 Å². The molecular weight excluding hydrogens is 412 g/mol. The highest BCUT2D eigenvalue weighted by Crippen LogP contribution is 2.37. The molecule has 0 heterocycles. The molecule has 2 rings (SSSR count). The topological polar surface area (TPSA) is 64.9 Å². The highest BCUT2D eigenvalue weighted by Gasteiger charge is 2.49. The van der Waals surface area contributed by atoms with E-state index in [1.807, 2.05) is 11.4 Å². The van der Waals surface area contributed by atoms with Gasteiger partial charge in [0.1, 0.15) is 17.4 Å². The van der Waals surface area contributed by atoms with Crippen LogP contribution in [0.2, 0.25) is 0 Å². The zero-order valence-corrected chi connectivity index (χ0v) is 16.3. The monoisotopic (exact) mass is 435 g/mol. The van der Waals surface area contributed by atoms with E-state index in [-0.39, 0.29) is 6.42 Å². The van der Waals surface area contributed by atoms with E-state index in [1.54, 1.807) is 6.92 Å². The minimum absolute atomic E-state index is 0.143. The summed E-state index contributed by atoms with van der Waals surface area (Å²) < 4.78 is 82.8. The molecule has 166 valence electrons. The van der Waals surface area contributed by atoms with Crippen LogP contribution < -0.4 is 10.6 Å². The second kappa shape index (κ2) is 9.25. The predicted octanol–water partition coefficient (Wildman–Crippen LogP) is 4.78. The third-order valence-electron chi connectivity index (χ3n) is 4.94. The number of carbonyl (C=O) groups excluding carboxylic acids is 1. The van der Waals surface area contributed by atoms with Crippen LogP contribution in [0.25, 0.3) is 0 Å². The lowest BCUT2D eigenvalue weighted by molar-refractivity contribution is -0.163. The molecule has 1 saturated carbocycles. The van der Waals surface area contributed by atoms with E-state index in [1.165, 1.54) is 0 Å². The second-order valence-electron chi connectivity index (χ2n) is 7.59. The van der Waals surface area contributed by atoms with Gasteiger partial charge in [0.2, 0.25) is 11.8 Å². The van der Waals surface area contributed by atoms with Crippen molar-refractivity contribution in [2.24, 2.45) is 0 Å². The molecule has 1 aliphatic carbocycles. The Labute approximate surface area is 170 Å². The summed E-state index contributed by atoms with van der Waals surface area (Å²) in [6.07, 6.45) is -5.47. The van der Waals surface area contributed by atoms with Crippen LogP contribution in [0.15, 0.2) is 24.3 Å². The molecule has 0 saturated heterocycles. The lowest BCUT2D eigenvalue weighted by Crippen LogP contribution is -2.53. The van der Waals surface area contributed by atoms with E-state index in [9.17, 15) is 31.1 Å². The normalized spacial score (nSPS) is 17.7. The van der Waals surface area contributed by atoms with Crippen LogP contribution in [-0.2, 0) is 4.79 Å². The van der Waals surface area contributed by atoms with Crippen molar-refractivity contribution in [3.05, 3.63) is 35.6 Å². The van der Waals surface area contributed by atoms with Gasteiger partial charge in [0.05, 0.1) is 12.1 Å². The number of rotatable bonds is 10. The molecule has 0 aliphatic heterocycles. The van der Waals surface area contributed by atoms with Gasteiger partial charge in [-0.25, -0.2) is 13.2 Å². The zero-order valence-electron chi connectivity index (χ0n) is 16.3. The molecule has 0 unspecified atom stereocenters. The first kappa shape index (κ1) is 24.0. The number of alkyl halides is 5. The molecule has 1 aromatic rings. The smallest absolute Gasteiger partial charge is 0.336 e. The van der Waals surface area contributed by atoms with E-state index in [2.05, 4.69) is 5.32 Å². The maximum atomic E-state index is 14.3. The third-order valence-corrected chi connectivity index (χ3v) is 4.94. The molecule has 0 aromatic heterocycles. The largest absolute Gasteiger partial charge is 0.407 e. The Bertz CT molecular complexity index is 768. The van der Waals surface area contributed by atoms with Gasteiger partial charge in [-0.1, -0.05) is 25.5 Å². The summed E-state index contributed by atoms with van der Waals surface area (Å²) in [5, 5.41) is 13.4. The highest BCUT2D eigenvalue weighted by atomic mass is 19.4. The van der Waals surface area contributed by atoms with Crippen molar-refractivity contribution in [2.75, 3.05) is 0 Å². The average Bonchev–Trinajstić information content (AvgIpc) is 3.43. The SMILES string of the molecule is CCCCC(F)(F)C[C@H](N[C@@H](c1ccc(F)cc1)C(F)(F)F)C(=O)NC1(C#N)CC1. The van der Waals surface area contributed by atoms with Crippen LogP contribution >= 0.6 is 0 Å². The molecule has 0 radical (unpaired) electrons. The summed E-state index contributed by atoms with van der Waals surface area (Å²) >= 11 is 0. The fourth-order valence-corrected chi connectivity index (χ4v) is 3.01. The Morgan fingerprint density at radius 1 is 1.20 bits per heavy atom. The molecule has 2 atom stereocenters. The van der Waals surface area contributed by atoms with Crippen LogP contribution in [0.4, 0.5) is 26.3 Å². The molecule has 1 amide bonds. The van der Waals surface area contributed by atoms with Gasteiger partial charge in [0.25, 0.3) is 0 Å². The second-order valence-corrected chi connectivity index (χ2v) is 7.59. The van der Waals surface area contributed by atoms with E-state index in [4.69, 9.17) is 5.26 Å². The standard InChI is InChI=1S/C20H23F6N3O/c1-2-3-8-19(22,23)11-15(17(30)29-18(12-27)9-10-18)28-16(20(24,25)26)13-4-6-14(21)7-5-13/h4-7,15-16,28H,2-3,8-11H2,1H3,(H,29,30)/t15-,16-/m0/s1. The minimum atomic E-state index is -4.93. The molecule has 0 spiro atoms. The van der Waals surface area contributed by atoms with Gasteiger partial charge < -0.3 is 5.32 Å². The van der Waals surface area contributed by atoms with Gasteiger partial charge in [-0.3, -0.25) is 10.1 Å². The number of hydrogen-bond donors (Lipinski definition) is 2. The van der Waals surface area contributed by atoms with Crippen molar-refractivity contribution in [3.63, 3.8) is 0 Å². The zero-order chi connectivity index (χ0) is 22.6. The Kier molecular flexibility index (Phi) is 7.40. The number of nitrogens with one attached hydrogen (secondary N) is 2. The molecule has 1 aromatic carbocycles. The summed E-state index contributed by atoms with van der Waals surface area (Å²) in [6.45, 7) is 1.69. The fourth-order valence-electron chi connectivity index (χ4n) is 3.01. The Morgan fingerprint density at radius 3 is 2.27 bits per heavy atom. The van der Waals surface area contributed by atoms with Gasteiger partial charge in [-0.15, -0.1) is 0 Å². The van der Waals surface area contributed by atoms with E-state index >= 15 is 0 Å². The number of hydrogen-bond acceptors (Lipinski definition) is 3. The number of carbonyl (C=O) groups is 1. The van der Waals surface area contributed by atoms with Gasteiger partial charge in [-0.05, 0) is 37.0 Å². The quantitative estimate of drug-likeness (QED) is 0.520. The van der Waals surface area contributed by atoms with Crippen molar-refractivity contribution in [1.29, 1.82) is 5.26 Å². The summed E-state index contributed by atoms with van der Waals surface area (Å²) in [5.74, 6) is -5.24. The number of amides is 1. The first-order valence-electron chi connectivity index (χ1n) is 9.61. The van der Waals surface area contributed by atoms with Crippen molar-refractivity contribution < 1.29 is 31.1 Å². The average molecular weight is 435 g/mol. The van der Waals surface area contributed by atoms with E-state index in [0.717, 1.165) is 24.3 Å². The van der Waals surface area contributed by atoms with Crippen molar-refractivity contribution in [2.45, 2.75) is 75.2 Å². The van der Waals surface area contributed by atoms with Crippen LogP contribution in [0, 0.1) is 17.1 Å². The van der Waals surface area contributed by atoms with Crippen molar-refractivity contribution in [3.8, 4) is 6.07 Å². The van der Waals surface area contributed by atoms with Gasteiger partial charge in [0, 0.05) is 12.8 Å². The van der Waals surface area contributed by atoms with E-state index < -0.39 is 59.9 Å². The van der Waals surface area contributed by atoms with Crippen LogP contribution in [0.1, 0.15) is 57.1 Å². The Hall–Kier alpha value is -2.28. The highest BCUT2D eigenvalue weighted by molar-refractivity contribution is 5.83. The van der Waals surface area contributed by atoms with Crippen molar-refractivity contribution >= 4 is 5.91 Å². The van der Waals surface area contributed by atoms with Crippen molar-refractivity contribution in [1.82, 2.24) is 10.6 Å². The number of benzene rings is 1. The Balaban J connectivity index is 2.29. The summed E-state index contributed by atoms with van der Waals surface area (Å²) in [4.78, 5) is 12.6. The number of unbranched alkanes of at least 4 members (excludes halogenated alkanes) is 1. The number of halogens is 6. The Morgan fingerprint density at radius 2 is 1.80 bits per heavy atom. The molecule has 1 fully saturated rings. The molecule has 2 N–H and O–H groups in total. The lowest BCUT2D eigenvalue weighted by atomic mass is 9.99. The van der Waals surface area contributed by atoms with Gasteiger partial charge in [0.15, 0.2) is 0 Å². The summed E-state index contributed by atoms with van der Waals surface area (Å²) in [5.41, 5.74) is -1.64. The summed E-state index contributed by atoms with van der Waals surface area (Å²) in [6, 6.07) is 0.862. The summed E-state index contributed by atoms with van der Waals surface area (Å²) in [7, 11) is 0. The van der Waals surface area contributed by atoms with E-state index in [0.29, 0.717) is 19.3 Å². The van der Waals surface area contributed by atoms with Crippen LogP contribution in [0.3, 0.4) is 0 Å². The molecule has 4 nitrogen and oxygen atoms in total. The first-order valence-corrected chi connectivity index (χ1v) is 9.61. The third kappa shape index (κ3) is 6.62. The number of nitriles is 1. The molecule has 0 bridgehead atoms. The van der Waals surface area contributed by atoms with Crippen LogP contribution in [-0.4, -0.2) is 29.6 Å². The molecule has 10 heteroatoms. The molecular formula is C20H23F6N3O. The predicted molar refractivity (Wildman–Crippen MR) is 96.9 cm³/mol. The maximum absolute atomic E-state index is 14.3. The molecule has 1 aliphatic rings. The van der Waals surface area contributed by atoms with Gasteiger partial charge >= 0.3 is 6.18 Å². The lowest BCUT2D eigenvalue weighted by Gasteiger charge is -2.30. The molecule has 30 heavy (non-hydrogen) atoms. The number of nitrogens with zero attached hydrogens (tertiary/aromatic N) is 1. The van der Waals surface area contributed by atoms with Crippen LogP contribution in [0.5, 0.6) is 0 Å². The first-order chi connectivity index (χ1) is 13.9. The maximum Gasteiger partial charge on any atom is 0.407 e. The fraction of sp³-hybridized carbons (Fsp3) is 0.600. The minimum Gasteiger partial charge on any atom is -0.336 e.